The maximum absolute atomic E-state index is 13.4. The van der Waals surface area contributed by atoms with Crippen LogP contribution in [0.15, 0.2) is 86.6 Å². The molecule has 5 aromatic rings. The SMILES string of the molecule is O=C(CCCCCOc1ccc(-c2csc(-n3[nH]c(-c4ccccc4)c(N=Nc4nccs4)c3=O)n2)cc1)NO. The molecule has 0 fully saturated rings. The van der Waals surface area contributed by atoms with Crippen molar-refractivity contribution in [3.63, 3.8) is 0 Å². The highest BCUT2D eigenvalue weighted by Gasteiger charge is 2.19. The molecule has 0 unspecified atom stereocenters. The Kier molecular flexibility index (Phi) is 8.86. The summed E-state index contributed by atoms with van der Waals surface area (Å²) in [5.74, 6) is 0.354. The van der Waals surface area contributed by atoms with Gasteiger partial charge in [0.15, 0.2) is 5.69 Å². The number of H-pyrrole nitrogens is 1. The van der Waals surface area contributed by atoms with Crippen LogP contribution in [0.25, 0.3) is 27.6 Å². The predicted molar refractivity (Wildman–Crippen MR) is 153 cm³/mol. The molecule has 0 aliphatic heterocycles. The first-order valence-electron chi connectivity index (χ1n) is 12.5. The molecular formula is C27H25N7O4S2. The standard InChI is InChI=1S/C27H25N7O4S2/c35-22(33-37)9-5-2-6-15-38-20-12-10-18(11-13-20)21-17-40-27(29-21)34-25(36)24(30-31-26-28-14-16-39-26)23(32-34)19-7-3-1-4-8-19/h1,3-4,7-8,10-14,16-17,32,37H,2,5-6,9,15H2,(H,33,35). The molecule has 0 saturated carbocycles. The summed E-state index contributed by atoms with van der Waals surface area (Å²) < 4.78 is 7.17. The van der Waals surface area contributed by atoms with Crippen molar-refractivity contribution in [2.45, 2.75) is 25.7 Å². The lowest BCUT2D eigenvalue weighted by atomic mass is 10.1. The molecule has 0 aliphatic rings. The highest BCUT2D eigenvalue weighted by molar-refractivity contribution is 7.13. The Balaban J connectivity index is 1.30. The van der Waals surface area contributed by atoms with Crippen molar-refractivity contribution in [2.24, 2.45) is 10.2 Å². The Hall–Kier alpha value is -4.46. The smallest absolute Gasteiger partial charge is 0.301 e. The van der Waals surface area contributed by atoms with E-state index in [4.69, 9.17) is 14.9 Å². The Morgan fingerprint density at radius 2 is 1.85 bits per heavy atom. The van der Waals surface area contributed by atoms with Crippen molar-refractivity contribution in [2.75, 3.05) is 6.61 Å². The largest absolute Gasteiger partial charge is 0.494 e. The Morgan fingerprint density at radius 1 is 1.02 bits per heavy atom. The number of nitrogens with one attached hydrogen (secondary N) is 2. The van der Waals surface area contributed by atoms with Crippen LogP contribution in [0.2, 0.25) is 0 Å². The van der Waals surface area contributed by atoms with Gasteiger partial charge in [-0.2, -0.15) is 4.68 Å². The molecule has 3 N–H and O–H groups in total. The van der Waals surface area contributed by atoms with E-state index in [1.807, 2.05) is 60.0 Å². The summed E-state index contributed by atoms with van der Waals surface area (Å²) in [7, 11) is 0. The number of benzene rings is 2. The van der Waals surface area contributed by atoms with Crippen LogP contribution in [0.1, 0.15) is 25.7 Å². The van der Waals surface area contributed by atoms with Crippen LogP contribution in [0.5, 0.6) is 5.75 Å². The molecule has 0 atom stereocenters. The van der Waals surface area contributed by atoms with E-state index < -0.39 is 0 Å². The number of aromatic amines is 1. The van der Waals surface area contributed by atoms with E-state index in [0.717, 1.165) is 35.4 Å². The fourth-order valence-electron chi connectivity index (χ4n) is 3.85. The molecule has 11 nitrogen and oxygen atoms in total. The number of carbonyl (C=O) groups is 1. The van der Waals surface area contributed by atoms with E-state index in [1.54, 1.807) is 17.1 Å². The topological polar surface area (TPSA) is 147 Å². The molecule has 0 aliphatic carbocycles. The Bertz CT molecular complexity index is 1630. The van der Waals surface area contributed by atoms with Gasteiger partial charge in [0.05, 0.1) is 18.0 Å². The summed E-state index contributed by atoms with van der Waals surface area (Å²) in [6, 6.07) is 17.1. The van der Waals surface area contributed by atoms with Gasteiger partial charge in [0.25, 0.3) is 0 Å². The van der Waals surface area contributed by atoms with Crippen LogP contribution >= 0.6 is 22.7 Å². The summed E-state index contributed by atoms with van der Waals surface area (Å²) >= 11 is 2.67. The molecule has 5 rings (SSSR count). The number of unbranched alkanes of at least 4 members (excludes halogenated alkanes) is 2. The Labute approximate surface area is 236 Å². The molecule has 0 bridgehead atoms. The third-order valence-electron chi connectivity index (χ3n) is 5.86. The first-order chi connectivity index (χ1) is 19.6. The van der Waals surface area contributed by atoms with Gasteiger partial charge in [-0.3, -0.25) is 19.9 Å². The van der Waals surface area contributed by atoms with E-state index in [9.17, 15) is 9.59 Å². The van der Waals surface area contributed by atoms with Gasteiger partial charge in [0, 0.05) is 34.5 Å². The first-order valence-corrected chi connectivity index (χ1v) is 14.2. The first kappa shape index (κ1) is 27.1. The fraction of sp³-hybridized carbons (Fsp3) is 0.185. The molecule has 0 radical (unpaired) electrons. The van der Waals surface area contributed by atoms with Gasteiger partial charge in [-0.1, -0.05) is 30.3 Å². The number of amides is 1. The Morgan fingerprint density at radius 3 is 2.60 bits per heavy atom. The van der Waals surface area contributed by atoms with Crippen molar-refractivity contribution >= 4 is 39.4 Å². The predicted octanol–water partition coefficient (Wildman–Crippen LogP) is 6.27. The molecule has 3 heterocycles. The molecule has 0 saturated heterocycles. The summed E-state index contributed by atoms with van der Waals surface area (Å²) in [5, 5.41) is 24.7. The zero-order valence-electron chi connectivity index (χ0n) is 21.2. The maximum Gasteiger partial charge on any atom is 0.301 e. The van der Waals surface area contributed by atoms with Crippen LogP contribution in [0, 0.1) is 0 Å². The van der Waals surface area contributed by atoms with Gasteiger partial charge in [-0.05, 0) is 43.5 Å². The number of thiazole rings is 2. The lowest BCUT2D eigenvalue weighted by Gasteiger charge is -2.06. The van der Waals surface area contributed by atoms with Crippen molar-refractivity contribution in [1.29, 1.82) is 0 Å². The third-order valence-corrected chi connectivity index (χ3v) is 7.34. The van der Waals surface area contributed by atoms with Crippen LogP contribution in [0.4, 0.5) is 10.8 Å². The normalized spacial score (nSPS) is 11.2. The average molecular weight is 576 g/mol. The van der Waals surface area contributed by atoms with Crippen molar-refractivity contribution in [1.82, 2.24) is 25.2 Å². The molecular weight excluding hydrogens is 550 g/mol. The molecule has 2 aromatic carbocycles. The second-order valence-corrected chi connectivity index (χ2v) is 10.3. The number of ether oxygens (including phenoxy) is 1. The minimum Gasteiger partial charge on any atom is -0.494 e. The molecule has 1 amide bonds. The number of aromatic nitrogens is 4. The minimum atomic E-state index is -0.378. The molecule has 3 aromatic heterocycles. The second kappa shape index (κ2) is 13.1. The van der Waals surface area contributed by atoms with Crippen LogP contribution in [-0.4, -0.2) is 37.5 Å². The second-order valence-electron chi connectivity index (χ2n) is 8.59. The van der Waals surface area contributed by atoms with Gasteiger partial charge in [0.1, 0.15) is 5.75 Å². The van der Waals surface area contributed by atoms with E-state index in [0.29, 0.717) is 35.4 Å². The summed E-state index contributed by atoms with van der Waals surface area (Å²) in [4.78, 5) is 33.2. The number of azo groups is 1. The number of hydrogen-bond donors (Lipinski definition) is 3. The van der Waals surface area contributed by atoms with Crippen LogP contribution < -0.4 is 15.8 Å². The average Bonchev–Trinajstić information content (AvgIpc) is 3.75. The number of rotatable bonds is 12. The molecule has 13 heteroatoms. The fourth-order valence-corrected chi connectivity index (χ4v) is 5.10. The van der Waals surface area contributed by atoms with Crippen molar-refractivity contribution < 1.29 is 14.7 Å². The van der Waals surface area contributed by atoms with Gasteiger partial charge >= 0.3 is 5.56 Å². The summed E-state index contributed by atoms with van der Waals surface area (Å²) in [6.07, 6.45) is 4.24. The van der Waals surface area contributed by atoms with Gasteiger partial charge in [-0.15, -0.1) is 32.9 Å². The summed E-state index contributed by atoms with van der Waals surface area (Å²) in [6.45, 7) is 0.530. The van der Waals surface area contributed by atoms with Crippen molar-refractivity contribution in [3.8, 4) is 33.4 Å². The lowest BCUT2D eigenvalue weighted by molar-refractivity contribution is -0.129. The maximum atomic E-state index is 13.4. The van der Waals surface area contributed by atoms with Crippen LogP contribution in [-0.2, 0) is 4.79 Å². The number of hydrogen-bond acceptors (Lipinski definition) is 10. The van der Waals surface area contributed by atoms with Gasteiger partial charge in [0.2, 0.25) is 16.2 Å². The van der Waals surface area contributed by atoms with E-state index in [2.05, 4.69) is 20.3 Å². The highest BCUT2D eigenvalue weighted by Crippen LogP contribution is 2.30. The van der Waals surface area contributed by atoms with E-state index >= 15 is 0 Å². The lowest BCUT2D eigenvalue weighted by Crippen LogP contribution is -2.17. The number of nitrogens with zero attached hydrogens (tertiary/aromatic N) is 5. The zero-order valence-corrected chi connectivity index (χ0v) is 22.8. The number of hydroxylamine groups is 1. The van der Waals surface area contributed by atoms with E-state index in [1.165, 1.54) is 27.4 Å². The summed E-state index contributed by atoms with van der Waals surface area (Å²) in [5.41, 5.74) is 4.40. The molecule has 0 spiro atoms. The monoisotopic (exact) mass is 575 g/mol. The van der Waals surface area contributed by atoms with Crippen LogP contribution in [0.3, 0.4) is 0 Å². The zero-order chi connectivity index (χ0) is 27.7. The van der Waals surface area contributed by atoms with Gasteiger partial charge < -0.3 is 4.74 Å². The highest BCUT2D eigenvalue weighted by atomic mass is 32.1. The van der Waals surface area contributed by atoms with Gasteiger partial charge in [-0.25, -0.2) is 15.4 Å². The minimum absolute atomic E-state index is 0.177. The third kappa shape index (κ3) is 6.57. The molecule has 204 valence electrons. The van der Waals surface area contributed by atoms with E-state index in [-0.39, 0.29) is 17.2 Å². The number of carbonyl (C=O) groups excluding carboxylic acids is 1. The quantitative estimate of drug-likeness (QED) is 0.0691. The van der Waals surface area contributed by atoms with Crippen molar-refractivity contribution in [3.05, 3.63) is 81.9 Å². The molecule has 40 heavy (non-hydrogen) atoms.